The van der Waals surface area contributed by atoms with E-state index in [9.17, 15) is 9.90 Å². The van der Waals surface area contributed by atoms with Gasteiger partial charge in [-0.25, -0.2) is 9.50 Å². The number of rotatable bonds is 2. The minimum absolute atomic E-state index is 0.112. The fraction of sp³-hybridized carbons (Fsp3) is 0. The summed E-state index contributed by atoms with van der Waals surface area (Å²) in [6.07, 6.45) is 0.719. The van der Waals surface area contributed by atoms with E-state index in [1.54, 1.807) is 42.5 Å². The molecule has 0 amide bonds. The summed E-state index contributed by atoms with van der Waals surface area (Å²) in [7, 11) is 0. The molecule has 3 rings (SSSR count). The van der Waals surface area contributed by atoms with E-state index in [2.05, 4.69) is 10.1 Å². The molecule has 1 N–H and O–H groups in total. The first-order chi connectivity index (χ1) is 8.79. The number of phenols is 1. The predicted molar refractivity (Wildman–Crippen MR) is 65.5 cm³/mol. The molecule has 0 unspecified atom stereocenters. The predicted octanol–water partition coefficient (Wildman–Crippen LogP) is 1.91. The van der Waals surface area contributed by atoms with Crippen LogP contribution in [0, 0.1) is 0 Å². The number of hydrogen-bond acceptors (Lipinski definition) is 4. The van der Waals surface area contributed by atoms with Crippen molar-refractivity contribution in [3.63, 3.8) is 0 Å². The third kappa shape index (κ3) is 1.53. The molecule has 5 heteroatoms. The van der Waals surface area contributed by atoms with Crippen LogP contribution in [-0.4, -0.2) is 26.0 Å². The summed E-state index contributed by atoms with van der Waals surface area (Å²) >= 11 is 0. The van der Waals surface area contributed by atoms with Gasteiger partial charge < -0.3 is 5.11 Å². The molecule has 5 nitrogen and oxygen atoms in total. The van der Waals surface area contributed by atoms with Crippen molar-refractivity contribution in [1.29, 1.82) is 0 Å². The Labute approximate surface area is 102 Å². The molecule has 0 aliphatic heterocycles. The summed E-state index contributed by atoms with van der Waals surface area (Å²) in [5, 5.41) is 14.0. The van der Waals surface area contributed by atoms with Gasteiger partial charge in [0.25, 0.3) is 0 Å². The second-order valence-electron chi connectivity index (χ2n) is 3.79. The first-order valence-electron chi connectivity index (χ1n) is 5.39. The highest BCUT2D eigenvalue weighted by molar-refractivity contribution is 5.74. The SMILES string of the molecule is O=Cc1cccc2nc(-c3ccccc3O)nn12. The summed E-state index contributed by atoms with van der Waals surface area (Å²) < 4.78 is 1.45. The van der Waals surface area contributed by atoms with Crippen LogP contribution in [0.2, 0.25) is 0 Å². The molecule has 2 heterocycles. The minimum atomic E-state index is 0.112. The van der Waals surface area contributed by atoms with Crippen molar-refractivity contribution in [2.75, 3.05) is 0 Å². The fourth-order valence-electron chi connectivity index (χ4n) is 1.79. The Balaban J connectivity index is 2.26. The summed E-state index contributed by atoms with van der Waals surface area (Å²) in [5.74, 6) is 0.503. The molecule has 0 atom stereocenters. The zero-order valence-electron chi connectivity index (χ0n) is 9.32. The molecule has 0 spiro atoms. The van der Waals surface area contributed by atoms with Crippen LogP contribution < -0.4 is 0 Å². The van der Waals surface area contributed by atoms with Crippen molar-refractivity contribution >= 4 is 11.9 Å². The van der Waals surface area contributed by atoms with Gasteiger partial charge in [0.15, 0.2) is 17.8 Å². The van der Waals surface area contributed by atoms with Gasteiger partial charge in [-0.1, -0.05) is 18.2 Å². The summed E-state index contributed by atoms with van der Waals surface area (Å²) in [6.45, 7) is 0. The number of benzene rings is 1. The number of phenolic OH excluding ortho intramolecular Hbond substituents is 1. The van der Waals surface area contributed by atoms with Crippen LogP contribution in [0.5, 0.6) is 5.75 Å². The molecular weight excluding hydrogens is 230 g/mol. The van der Waals surface area contributed by atoms with Crippen LogP contribution in [0.4, 0.5) is 0 Å². The van der Waals surface area contributed by atoms with Gasteiger partial charge in [0.2, 0.25) is 0 Å². The molecule has 0 saturated heterocycles. The van der Waals surface area contributed by atoms with Crippen LogP contribution in [0.1, 0.15) is 10.5 Å². The van der Waals surface area contributed by atoms with Gasteiger partial charge in [0.05, 0.1) is 5.56 Å². The fourth-order valence-corrected chi connectivity index (χ4v) is 1.79. The summed E-state index contributed by atoms with van der Waals surface area (Å²) in [4.78, 5) is 15.2. The van der Waals surface area contributed by atoms with Gasteiger partial charge in [0.1, 0.15) is 11.4 Å². The number of carbonyl (C=O) groups is 1. The highest BCUT2D eigenvalue weighted by Crippen LogP contribution is 2.26. The van der Waals surface area contributed by atoms with E-state index in [1.165, 1.54) is 4.52 Å². The molecule has 18 heavy (non-hydrogen) atoms. The number of pyridine rings is 1. The highest BCUT2D eigenvalue weighted by Gasteiger charge is 2.11. The van der Waals surface area contributed by atoms with E-state index >= 15 is 0 Å². The van der Waals surface area contributed by atoms with Gasteiger partial charge in [-0.2, -0.15) is 0 Å². The number of nitrogens with zero attached hydrogens (tertiary/aromatic N) is 3. The normalized spacial score (nSPS) is 10.7. The van der Waals surface area contributed by atoms with Crippen LogP contribution >= 0.6 is 0 Å². The third-order valence-corrected chi connectivity index (χ3v) is 2.65. The molecule has 0 radical (unpaired) electrons. The molecule has 0 aliphatic carbocycles. The number of aromatic nitrogens is 3. The molecule has 2 aromatic heterocycles. The lowest BCUT2D eigenvalue weighted by Gasteiger charge is -1.97. The minimum Gasteiger partial charge on any atom is -0.507 e. The van der Waals surface area contributed by atoms with E-state index in [1.807, 2.05) is 0 Å². The van der Waals surface area contributed by atoms with E-state index in [0.29, 0.717) is 22.7 Å². The van der Waals surface area contributed by atoms with Crippen molar-refractivity contribution in [2.45, 2.75) is 0 Å². The highest BCUT2D eigenvalue weighted by atomic mass is 16.3. The number of para-hydroxylation sites is 1. The third-order valence-electron chi connectivity index (χ3n) is 2.65. The second kappa shape index (κ2) is 3.96. The van der Waals surface area contributed by atoms with Gasteiger partial charge in [-0.3, -0.25) is 4.79 Å². The number of aromatic hydroxyl groups is 1. The van der Waals surface area contributed by atoms with Crippen molar-refractivity contribution < 1.29 is 9.90 Å². The van der Waals surface area contributed by atoms with Gasteiger partial charge >= 0.3 is 0 Å². The molecule has 0 bridgehead atoms. The first kappa shape index (κ1) is 10.5. The van der Waals surface area contributed by atoms with Crippen molar-refractivity contribution in [3.05, 3.63) is 48.2 Å². The molecule has 1 aromatic carbocycles. The maximum Gasteiger partial charge on any atom is 0.185 e. The van der Waals surface area contributed by atoms with Crippen molar-refractivity contribution in [2.24, 2.45) is 0 Å². The number of hydrogen-bond donors (Lipinski definition) is 1. The largest absolute Gasteiger partial charge is 0.507 e. The maximum atomic E-state index is 10.9. The van der Waals surface area contributed by atoms with E-state index in [0.717, 1.165) is 6.29 Å². The quantitative estimate of drug-likeness (QED) is 0.694. The topological polar surface area (TPSA) is 67.5 Å². The smallest absolute Gasteiger partial charge is 0.185 e. The van der Waals surface area contributed by atoms with E-state index < -0.39 is 0 Å². The molecule has 0 saturated carbocycles. The zero-order chi connectivity index (χ0) is 12.5. The summed E-state index contributed by atoms with van der Waals surface area (Å²) in [6, 6.07) is 12.0. The maximum absolute atomic E-state index is 10.9. The van der Waals surface area contributed by atoms with Crippen LogP contribution in [0.25, 0.3) is 17.0 Å². The number of carbonyl (C=O) groups excluding carboxylic acids is 1. The zero-order valence-corrected chi connectivity index (χ0v) is 9.32. The van der Waals surface area contributed by atoms with Crippen molar-refractivity contribution in [3.8, 4) is 17.1 Å². The molecule has 3 aromatic rings. The van der Waals surface area contributed by atoms with Crippen molar-refractivity contribution in [1.82, 2.24) is 14.6 Å². The average molecular weight is 239 g/mol. The van der Waals surface area contributed by atoms with Crippen LogP contribution in [0.3, 0.4) is 0 Å². The molecular formula is C13H9N3O2. The molecule has 88 valence electrons. The second-order valence-corrected chi connectivity index (χ2v) is 3.79. The van der Waals surface area contributed by atoms with Crippen LogP contribution in [0.15, 0.2) is 42.5 Å². The Morgan fingerprint density at radius 3 is 2.72 bits per heavy atom. The molecule has 0 aliphatic rings. The Morgan fingerprint density at radius 1 is 1.11 bits per heavy atom. The Bertz CT molecular complexity index is 734. The Morgan fingerprint density at radius 2 is 1.94 bits per heavy atom. The average Bonchev–Trinajstić information content (AvgIpc) is 2.82. The number of fused-ring (bicyclic) bond motifs is 1. The van der Waals surface area contributed by atoms with Gasteiger partial charge in [-0.15, -0.1) is 5.10 Å². The molecule has 0 fully saturated rings. The number of aldehydes is 1. The Hall–Kier alpha value is -2.69. The summed E-state index contributed by atoms with van der Waals surface area (Å²) in [5.41, 5.74) is 1.53. The van der Waals surface area contributed by atoms with Gasteiger partial charge in [-0.05, 0) is 24.3 Å². The first-order valence-corrected chi connectivity index (χ1v) is 5.39. The standard InChI is InChI=1S/C13H9N3O2/c17-8-9-4-3-7-12-14-13(15-16(9)12)10-5-1-2-6-11(10)18/h1-8,18H. The van der Waals surface area contributed by atoms with Crippen LogP contribution in [-0.2, 0) is 0 Å². The van der Waals surface area contributed by atoms with E-state index in [4.69, 9.17) is 0 Å². The Kier molecular flexibility index (Phi) is 2.30. The van der Waals surface area contributed by atoms with E-state index in [-0.39, 0.29) is 5.75 Å². The lowest BCUT2D eigenvalue weighted by Crippen LogP contribution is -1.96. The lowest BCUT2D eigenvalue weighted by atomic mass is 10.2. The monoisotopic (exact) mass is 239 g/mol. The van der Waals surface area contributed by atoms with Gasteiger partial charge in [0, 0.05) is 0 Å². The lowest BCUT2D eigenvalue weighted by molar-refractivity contribution is 0.111.